The number of aryl methyl sites for hydroxylation is 1. The minimum Gasteiger partial charge on any atom is -0.423 e. The van der Waals surface area contributed by atoms with Crippen molar-refractivity contribution in [1.82, 2.24) is 10.2 Å². The van der Waals surface area contributed by atoms with E-state index in [1.54, 1.807) is 0 Å². The van der Waals surface area contributed by atoms with E-state index in [-0.39, 0.29) is 17.9 Å². The van der Waals surface area contributed by atoms with Gasteiger partial charge in [0.05, 0.1) is 6.42 Å². The van der Waals surface area contributed by atoms with Gasteiger partial charge in [-0.15, -0.1) is 10.2 Å². The number of fused-ring (bicyclic) bond motifs is 1. The summed E-state index contributed by atoms with van der Waals surface area (Å²) in [6.07, 6.45) is 2.81. The van der Waals surface area contributed by atoms with E-state index >= 15 is 0 Å². The first-order chi connectivity index (χ1) is 14.7. The summed E-state index contributed by atoms with van der Waals surface area (Å²) in [5.41, 5.74) is 4.23. The fraction of sp³-hybridized carbons (Fsp3) is 0.375. The number of ether oxygens (including phenoxy) is 1. The van der Waals surface area contributed by atoms with Crippen LogP contribution >= 0.6 is 0 Å². The second kappa shape index (κ2) is 8.03. The largest absolute Gasteiger partial charge is 0.423 e. The highest BCUT2D eigenvalue weighted by molar-refractivity contribution is 5.97. The van der Waals surface area contributed by atoms with Crippen LogP contribution in [0.15, 0.2) is 52.9 Å². The van der Waals surface area contributed by atoms with Crippen molar-refractivity contribution in [2.45, 2.75) is 44.6 Å². The molecule has 0 spiro atoms. The maximum absolute atomic E-state index is 13.4. The Morgan fingerprint density at radius 3 is 2.60 bits per heavy atom. The zero-order chi connectivity index (χ0) is 20.5. The molecule has 1 amide bonds. The van der Waals surface area contributed by atoms with Gasteiger partial charge in [-0.05, 0) is 42.5 Å². The predicted octanol–water partition coefficient (Wildman–Crippen LogP) is 4.15. The van der Waals surface area contributed by atoms with E-state index in [2.05, 4.69) is 16.3 Å². The number of aromatic nitrogens is 2. The Morgan fingerprint density at radius 1 is 1.03 bits per heavy atom. The van der Waals surface area contributed by atoms with Crippen molar-refractivity contribution in [1.29, 1.82) is 0 Å². The Labute approximate surface area is 175 Å². The van der Waals surface area contributed by atoms with Gasteiger partial charge in [-0.25, -0.2) is 0 Å². The summed E-state index contributed by atoms with van der Waals surface area (Å²) >= 11 is 0. The monoisotopic (exact) mass is 403 g/mol. The fourth-order valence-electron chi connectivity index (χ4n) is 4.44. The van der Waals surface area contributed by atoms with Crippen LogP contribution in [0.2, 0.25) is 0 Å². The van der Waals surface area contributed by atoms with Crippen molar-refractivity contribution in [3.8, 4) is 0 Å². The number of nitrogens with zero attached hydrogens (tertiary/aromatic N) is 3. The molecule has 5 rings (SSSR count). The van der Waals surface area contributed by atoms with Crippen LogP contribution in [0.1, 0.15) is 53.3 Å². The average molecular weight is 403 g/mol. The van der Waals surface area contributed by atoms with E-state index in [0.717, 1.165) is 48.4 Å². The number of hydrogen-bond acceptors (Lipinski definition) is 5. The van der Waals surface area contributed by atoms with Crippen LogP contribution in [0.25, 0.3) is 0 Å². The highest BCUT2D eigenvalue weighted by Gasteiger charge is 2.38. The summed E-state index contributed by atoms with van der Waals surface area (Å²) in [6, 6.07) is 15.8. The molecule has 1 saturated heterocycles. The Balaban J connectivity index is 1.45. The topological polar surface area (TPSA) is 68.5 Å². The van der Waals surface area contributed by atoms with E-state index in [4.69, 9.17) is 9.15 Å². The first-order valence-electron chi connectivity index (χ1n) is 10.6. The molecule has 6 heteroatoms. The summed E-state index contributed by atoms with van der Waals surface area (Å²) < 4.78 is 11.6. The Bertz CT molecular complexity index is 1060. The molecule has 0 radical (unpaired) electrons. The van der Waals surface area contributed by atoms with Crippen molar-refractivity contribution in [2.24, 2.45) is 0 Å². The van der Waals surface area contributed by atoms with Gasteiger partial charge in [0, 0.05) is 31.2 Å². The highest BCUT2D eigenvalue weighted by Crippen LogP contribution is 2.41. The van der Waals surface area contributed by atoms with Crippen molar-refractivity contribution in [2.75, 3.05) is 18.1 Å². The van der Waals surface area contributed by atoms with Crippen LogP contribution in [0.4, 0.5) is 5.69 Å². The van der Waals surface area contributed by atoms with Gasteiger partial charge in [-0.1, -0.05) is 42.5 Å². The summed E-state index contributed by atoms with van der Waals surface area (Å²) in [6.45, 7) is 3.48. The molecule has 154 valence electrons. The first-order valence-corrected chi connectivity index (χ1v) is 10.6. The Morgan fingerprint density at radius 2 is 1.77 bits per heavy atom. The van der Waals surface area contributed by atoms with Gasteiger partial charge < -0.3 is 9.15 Å². The minimum atomic E-state index is -0.264. The highest BCUT2D eigenvalue weighted by atomic mass is 16.5. The van der Waals surface area contributed by atoms with E-state index in [1.807, 2.05) is 54.3 Å². The minimum absolute atomic E-state index is 0.0464. The van der Waals surface area contributed by atoms with Crippen molar-refractivity contribution in [3.63, 3.8) is 0 Å². The molecular formula is C24H25N3O3. The molecule has 0 saturated carbocycles. The van der Waals surface area contributed by atoms with Crippen LogP contribution in [-0.2, 0) is 22.4 Å². The molecule has 2 aliphatic rings. The SMILES string of the molecule is Cc1ccccc1CC(=O)N1c2ccccc2CC1c1nnc(C2CCOCC2)o1. The number of carbonyl (C=O) groups is 1. The zero-order valence-corrected chi connectivity index (χ0v) is 17.1. The second-order valence-electron chi connectivity index (χ2n) is 8.08. The van der Waals surface area contributed by atoms with Crippen LogP contribution in [0.3, 0.4) is 0 Å². The zero-order valence-electron chi connectivity index (χ0n) is 17.1. The lowest BCUT2D eigenvalue weighted by atomic mass is 10.0. The second-order valence-corrected chi connectivity index (χ2v) is 8.08. The molecule has 6 nitrogen and oxygen atoms in total. The maximum Gasteiger partial charge on any atom is 0.239 e. The third kappa shape index (κ3) is 3.52. The van der Waals surface area contributed by atoms with Gasteiger partial charge in [0.15, 0.2) is 0 Å². The van der Waals surface area contributed by atoms with Crippen molar-refractivity contribution >= 4 is 11.6 Å². The number of anilines is 1. The number of para-hydroxylation sites is 1. The van der Waals surface area contributed by atoms with Gasteiger partial charge in [0.25, 0.3) is 0 Å². The lowest BCUT2D eigenvalue weighted by Gasteiger charge is -2.24. The lowest BCUT2D eigenvalue weighted by Crippen LogP contribution is -2.33. The molecule has 0 N–H and O–H groups in total. The standard InChI is InChI=1S/C24H25N3O3/c1-16-6-2-3-7-18(16)15-22(28)27-20-9-5-4-8-19(20)14-21(27)24-26-25-23(30-24)17-10-12-29-13-11-17/h2-9,17,21H,10-15H2,1H3. The van der Waals surface area contributed by atoms with Crippen LogP contribution in [-0.4, -0.2) is 29.3 Å². The number of hydrogen-bond donors (Lipinski definition) is 0. The average Bonchev–Trinajstić information content (AvgIpc) is 3.41. The number of carbonyl (C=O) groups excluding carboxylic acids is 1. The van der Waals surface area contributed by atoms with Crippen molar-refractivity contribution < 1.29 is 13.9 Å². The molecule has 0 aliphatic carbocycles. The number of amides is 1. The predicted molar refractivity (Wildman–Crippen MR) is 112 cm³/mol. The van der Waals surface area contributed by atoms with Gasteiger partial charge in [0.1, 0.15) is 6.04 Å². The molecule has 1 fully saturated rings. The fourth-order valence-corrected chi connectivity index (χ4v) is 4.44. The van der Waals surface area contributed by atoms with Crippen molar-refractivity contribution in [3.05, 3.63) is 77.0 Å². The Kier molecular flexibility index (Phi) is 5.09. The van der Waals surface area contributed by atoms with Crippen LogP contribution in [0.5, 0.6) is 0 Å². The van der Waals surface area contributed by atoms with Crippen LogP contribution < -0.4 is 4.90 Å². The molecule has 3 aromatic rings. The summed E-state index contributed by atoms with van der Waals surface area (Å²) in [4.78, 5) is 15.3. The van der Waals surface area contributed by atoms with E-state index in [1.165, 1.54) is 0 Å². The molecule has 1 unspecified atom stereocenters. The normalized spacial score (nSPS) is 19.1. The molecule has 3 heterocycles. The molecule has 30 heavy (non-hydrogen) atoms. The molecule has 1 aromatic heterocycles. The van der Waals surface area contributed by atoms with Gasteiger partial charge in [-0.3, -0.25) is 9.69 Å². The number of rotatable bonds is 4. The van der Waals surface area contributed by atoms with Gasteiger partial charge in [-0.2, -0.15) is 0 Å². The van der Waals surface area contributed by atoms with Crippen LogP contribution in [0, 0.1) is 6.92 Å². The third-order valence-electron chi connectivity index (χ3n) is 6.16. The molecular weight excluding hydrogens is 378 g/mol. The summed E-state index contributed by atoms with van der Waals surface area (Å²) in [5, 5.41) is 8.69. The summed E-state index contributed by atoms with van der Waals surface area (Å²) in [5.74, 6) is 1.46. The molecule has 0 bridgehead atoms. The lowest BCUT2D eigenvalue weighted by molar-refractivity contribution is -0.118. The third-order valence-corrected chi connectivity index (χ3v) is 6.16. The smallest absolute Gasteiger partial charge is 0.239 e. The van der Waals surface area contributed by atoms with Gasteiger partial charge >= 0.3 is 0 Å². The molecule has 1 atom stereocenters. The summed E-state index contributed by atoms with van der Waals surface area (Å²) in [7, 11) is 0. The molecule has 2 aliphatic heterocycles. The first kappa shape index (κ1) is 19.0. The Hall–Kier alpha value is -2.99. The quantitative estimate of drug-likeness (QED) is 0.655. The van der Waals surface area contributed by atoms with E-state index in [9.17, 15) is 4.79 Å². The number of benzene rings is 2. The maximum atomic E-state index is 13.4. The van der Waals surface area contributed by atoms with E-state index < -0.39 is 0 Å². The van der Waals surface area contributed by atoms with E-state index in [0.29, 0.717) is 24.6 Å². The van der Waals surface area contributed by atoms with Gasteiger partial charge in [0.2, 0.25) is 17.7 Å². The molecule has 2 aromatic carbocycles.